The van der Waals surface area contributed by atoms with Gasteiger partial charge in [-0.1, -0.05) is 30.3 Å². The molecule has 0 bridgehead atoms. The lowest BCUT2D eigenvalue weighted by molar-refractivity contribution is 1.51. The van der Waals surface area contributed by atoms with E-state index in [-0.39, 0.29) is 0 Å². The fourth-order valence-corrected chi connectivity index (χ4v) is 2.34. The van der Waals surface area contributed by atoms with E-state index >= 15 is 0 Å². The summed E-state index contributed by atoms with van der Waals surface area (Å²) in [4.78, 5) is 4.35. The van der Waals surface area contributed by atoms with Crippen LogP contribution in [0.15, 0.2) is 41.9 Å². The smallest absolute Gasteiger partial charge is 0.0890 e. The van der Waals surface area contributed by atoms with E-state index in [4.69, 9.17) is 0 Å². The molecule has 0 N–H and O–H groups in total. The molecule has 62 valence electrons. The highest BCUT2D eigenvalue weighted by Gasteiger charge is 2.09. The van der Waals surface area contributed by atoms with Crippen molar-refractivity contribution in [2.24, 2.45) is 0 Å². The summed E-state index contributed by atoms with van der Waals surface area (Å²) in [5.74, 6) is 0. The van der Waals surface area contributed by atoms with Crippen LogP contribution in [0, 0.1) is 0 Å². The summed E-state index contributed by atoms with van der Waals surface area (Å²) in [6.07, 6.45) is 0. The van der Waals surface area contributed by atoms with Gasteiger partial charge in [-0.25, -0.2) is 4.98 Å². The van der Waals surface area contributed by atoms with E-state index in [1.54, 1.807) is 11.3 Å². The predicted molar refractivity (Wildman–Crippen MR) is 56.2 cm³/mol. The molecule has 2 aliphatic rings. The summed E-state index contributed by atoms with van der Waals surface area (Å²) in [6.45, 7) is 0. The van der Waals surface area contributed by atoms with Gasteiger partial charge < -0.3 is 0 Å². The van der Waals surface area contributed by atoms with Gasteiger partial charge in [-0.3, -0.25) is 0 Å². The van der Waals surface area contributed by atoms with E-state index in [0.717, 1.165) is 5.52 Å². The standard InChI is InChI=1S/C11H7NS/c1-2-4-8-6-10-11(12-7-13-10)9(8)5-3-1/h1-7H. The van der Waals surface area contributed by atoms with Gasteiger partial charge >= 0.3 is 0 Å². The van der Waals surface area contributed by atoms with Crippen molar-refractivity contribution < 1.29 is 0 Å². The molecule has 0 radical (unpaired) electrons. The van der Waals surface area contributed by atoms with Crippen molar-refractivity contribution in [2.75, 3.05) is 0 Å². The Labute approximate surface area is 80.0 Å². The zero-order chi connectivity index (χ0) is 8.67. The van der Waals surface area contributed by atoms with Crippen LogP contribution in [0.25, 0.3) is 21.3 Å². The first kappa shape index (κ1) is 7.04. The van der Waals surface area contributed by atoms with Gasteiger partial charge in [0.25, 0.3) is 0 Å². The van der Waals surface area contributed by atoms with Crippen molar-refractivity contribution in [2.45, 2.75) is 0 Å². The highest BCUT2D eigenvalue weighted by atomic mass is 32.1. The first-order valence-electron chi connectivity index (χ1n) is 4.16. The minimum atomic E-state index is 1.14. The van der Waals surface area contributed by atoms with Crippen LogP contribution in [0.2, 0.25) is 0 Å². The van der Waals surface area contributed by atoms with Gasteiger partial charge in [0.15, 0.2) is 0 Å². The van der Waals surface area contributed by atoms with Crippen LogP contribution in [0.5, 0.6) is 0 Å². The molecule has 1 aromatic heterocycles. The molecule has 1 heterocycles. The molecule has 13 heavy (non-hydrogen) atoms. The Balaban J connectivity index is 2.54. The number of aromatic nitrogens is 1. The SMILES string of the molecule is c1ccc2cc3scnc3c-2cc1. The highest BCUT2D eigenvalue weighted by Crippen LogP contribution is 2.34. The third-order valence-electron chi connectivity index (χ3n) is 2.21. The number of hydrogen-bond acceptors (Lipinski definition) is 2. The Morgan fingerprint density at radius 3 is 3.00 bits per heavy atom. The second-order valence-electron chi connectivity index (χ2n) is 2.99. The van der Waals surface area contributed by atoms with Crippen molar-refractivity contribution in [1.82, 2.24) is 4.98 Å². The molecule has 0 fully saturated rings. The molecule has 2 heteroatoms. The lowest BCUT2D eigenvalue weighted by Crippen LogP contribution is -1.66. The predicted octanol–water partition coefficient (Wildman–Crippen LogP) is 3.40. The molecule has 0 amide bonds. The van der Waals surface area contributed by atoms with Gasteiger partial charge in [0.2, 0.25) is 0 Å². The average molecular weight is 185 g/mol. The van der Waals surface area contributed by atoms with E-state index in [2.05, 4.69) is 35.3 Å². The monoisotopic (exact) mass is 185 g/mol. The van der Waals surface area contributed by atoms with Crippen LogP contribution in [0.1, 0.15) is 0 Å². The third kappa shape index (κ3) is 0.956. The van der Waals surface area contributed by atoms with Crippen LogP contribution in [-0.2, 0) is 0 Å². The Hall–Kier alpha value is -1.41. The zero-order valence-corrected chi connectivity index (χ0v) is 7.71. The number of rotatable bonds is 0. The fraction of sp³-hybridized carbons (Fsp3) is 0. The van der Waals surface area contributed by atoms with Crippen molar-refractivity contribution in [3.63, 3.8) is 0 Å². The van der Waals surface area contributed by atoms with Gasteiger partial charge in [-0.2, -0.15) is 0 Å². The Bertz CT molecular complexity index is 527. The van der Waals surface area contributed by atoms with Gasteiger partial charge in [0.05, 0.1) is 15.7 Å². The summed E-state index contributed by atoms with van der Waals surface area (Å²) in [7, 11) is 0. The maximum Gasteiger partial charge on any atom is 0.0890 e. The van der Waals surface area contributed by atoms with Crippen LogP contribution in [-0.4, -0.2) is 4.98 Å². The van der Waals surface area contributed by atoms with Crippen molar-refractivity contribution in [3.05, 3.63) is 41.9 Å². The maximum atomic E-state index is 4.35. The van der Waals surface area contributed by atoms with Crippen LogP contribution < -0.4 is 0 Å². The Morgan fingerprint density at radius 2 is 2.00 bits per heavy atom. The molecule has 3 rings (SSSR count). The van der Waals surface area contributed by atoms with E-state index in [1.165, 1.54) is 15.8 Å². The second kappa shape index (κ2) is 2.54. The normalized spacial score (nSPS) is 11.1. The molecule has 0 atom stereocenters. The van der Waals surface area contributed by atoms with E-state index in [0.29, 0.717) is 0 Å². The molecule has 0 saturated carbocycles. The van der Waals surface area contributed by atoms with Crippen LogP contribution in [0.4, 0.5) is 0 Å². The van der Waals surface area contributed by atoms with Gasteiger partial charge in [-0.15, -0.1) is 11.3 Å². The lowest BCUT2D eigenvalue weighted by Gasteiger charge is -1.88. The molecule has 0 aromatic carbocycles. The van der Waals surface area contributed by atoms with Crippen molar-refractivity contribution >= 4 is 21.6 Å². The molecular weight excluding hydrogens is 178 g/mol. The Kier molecular flexibility index (Phi) is 1.37. The van der Waals surface area contributed by atoms with Gasteiger partial charge in [0, 0.05) is 5.56 Å². The number of fused-ring (bicyclic) bond motifs is 3. The molecule has 2 aliphatic carbocycles. The van der Waals surface area contributed by atoms with E-state index in [1.807, 2.05) is 11.6 Å². The second-order valence-corrected chi connectivity index (χ2v) is 3.88. The lowest BCUT2D eigenvalue weighted by atomic mass is 10.2. The number of hydrogen-bond donors (Lipinski definition) is 0. The van der Waals surface area contributed by atoms with Crippen LogP contribution >= 0.6 is 11.3 Å². The number of nitrogens with zero attached hydrogens (tertiary/aromatic N) is 1. The quantitative estimate of drug-likeness (QED) is 0.523. The summed E-state index contributed by atoms with van der Waals surface area (Å²) in [6, 6.07) is 12.6. The molecular formula is C11H7NS. The van der Waals surface area contributed by atoms with Gasteiger partial charge in [0.1, 0.15) is 0 Å². The molecule has 1 aromatic rings. The molecule has 1 nitrogen and oxygen atoms in total. The Morgan fingerprint density at radius 1 is 1.08 bits per heavy atom. The largest absolute Gasteiger partial charge is 0.244 e. The van der Waals surface area contributed by atoms with Gasteiger partial charge in [-0.05, 0) is 11.6 Å². The van der Waals surface area contributed by atoms with E-state index in [9.17, 15) is 0 Å². The topological polar surface area (TPSA) is 12.9 Å². The van der Waals surface area contributed by atoms with Crippen molar-refractivity contribution in [1.29, 1.82) is 0 Å². The fourth-order valence-electron chi connectivity index (χ4n) is 1.60. The average Bonchev–Trinajstić information content (AvgIpc) is 2.61. The summed E-state index contributed by atoms with van der Waals surface area (Å²) < 4.78 is 1.28. The first-order chi connectivity index (χ1) is 6.45. The maximum absolute atomic E-state index is 4.35. The van der Waals surface area contributed by atoms with Crippen LogP contribution in [0.3, 0.4) is 0 Å². The third-order valence-corrected chi connectivity index (χ3v) is 2.98. The first-order valence-corrected chi connectivity index (χ1v) is 5.04. The summed E-state index contributed by atoms with van der Waals surface area (Å²) in [5.41, 5.74) is 5.56. The summed E-state index contributed by atoms with van der Waals surface area (Å²) in [5, 5.41) is 0. The zero-order valence-electron chi connectivity index (χ0n) is 6.90. The molecule has 0 spiro atoms. The minimum absolute atomic E-state index is 1.14. The molecule has 0 unspecified atom stereocenters. The number of thiazole rings is 1. The molecule has 0 saturated heterocycles. The van der Waals surface area contributed by atoms with Crippen molar-refractivity contribution in [3.8, 4) is 11.1 Å². The summed E-state index contributed by atoms with van der Waals surface area (Å²) >= 11 is 1.70. The minimum Gasteiger partial charge on any atom is -0.244 e. The molecule has 0 aliphatic heterocycles. The highest BCUT2D eigenvalue weighted by molar-refractivity contribution is 7.17. The van der Waals surface area contributed by atoms with E-state index < -0.39 is 0 Å².